The van der Waals surface area contributed by atoms with Gasteiger partial charge in [0.1, 0.15) is 5.25 Å². The number of hydrogen-bond acceptors (Lipinski definition) is 6. The maximum absolute atomic E-state index is 12.5. The molecule has 0 bridgehead atoms. The van der Waals surface area contributed by atoms with Crippen molar-refractivity contribution in [1.82, 2.24) is 5.32 Å². The van der Waals surface area contributed by atoms with Gasteiger partial charge in [-0.2, -0.15) is 5.10 Å². The van der Waals surface area contributed by atoms with E-state index in [1.165, 1.54) is 0 Å². The van der Waals surface area contributed by atoms with E-state index in [9.17, 15) is 9.59 Å². The maximum atomic E-state index is 12.5. The van der Waals surface area contributed by atoms with Crippen molar-refractivity contribution in [3.8, 4) is 0 Å². The van der Waals surface area contributed by atoms with Crippen molar-refractivity contribution >= 4 is 57.9 Å². The Kier molecular flexibility index (Phi) is 6.90. The average Bonchev–Trinajstić information content (AvgIpc) is 2.69. The zero-order valence-corrected chi connectivity index (χ0v) is 17.5. The van der Waals surface area contributed by atoms with Crippen molar-refractivity contribution in [3.05, 3.63) is 59.1 Å². The van der Waals surface area contributed by atoms with Gasteiger partial charge in [0.15, 0.2) is 5.17 Å². The van der Waals surface area contributed by atoms with Crippen molar-refractivity contribution in [2.75, 3.05) is 24.3 Å². The van der Waals surface area contributed by atoms with Gasteiger partial charge >= 0.3 is 0 Å². The van der Waals surface area contributed by atoms with Crippen molar-refractivity contribution in [2.45, 2.75) is 11.7 Å². The van der Waals surface area contributed by atoms with Crippen molar-refractivity contribution in [2.24, 2.45) is 10.2 Å². The predicted octanol–water partition coefficient (Wildman–Crippen LogP) is 3.36. The lowest BCUT2D eigenvalue weighted by Gasteiger charge is -2.21. The molecule has 1 aliphatic rings. The van der Waals surface area contributed by atoms with Crippen molar-refractivity contribution < 1.29 is 9.59 Å². The van der Waals surface area contributed by atoms with E-state index in [4.69, 9.17) is 11.6 Å². The first-order valence-electron chi connectivity index (χ1n) is 8.82. The zero-order chi connectivity index (χ0) is 20.8. The molecule has 2 N–H and O–H groups in total. The fourth-order valence-electron chi connectivity index (χ4n) is 2.52. The molecular weight excluding hydrogens is 410 g/mol. The minimum Gasteiger partial charge on any atom is -0.378 e. The molecule has 1 aliphatic heterocycles. The molecule has 1 fully saturated rings. The number of nitrogens with one attached hydrogen (secondary N) is 2. The monoisotopic (exact) mass is 429 g/mol. The second-order valence-corrected chi connectivity index (χ2v) is 8.06. The summed E-state index contributed by atoms with van der Waals surface area (Å²) in [7, 11) is 3.94. The van der Waals surface area contributed by atoms with Gasteiger partial charge in [-0.1, -0.05) is 47.6 Å². The highest BCUT2D eigenvalue weighted by molar-refractivity contribution is 8.15. The number of amides is 2. The second-order valence-electron chi connectivity index (χ2n) is 6.46. The number of halogens is 1. The maximum Gasteiger partial charge on any atom is 0.238 e. The quantitative estimate of drug-likeness (QED) is 0.563. The Morgan fingerprint density at radius 1 is 1.24 bits per heavy atom. The Balaban J connectivity index is 1.64. The van der Waals surface area contributed by atoms with E-state index in [1.54, 1.807) is 30.5 Å². The number of benzene rings is 2. The topological polar surface area (TPSA) is 86.2 Å². The Bertz CT molecular complexity index is 960. The van der Waals surface area contributed by atoms with Crippen LogP contribution in [-0.4, -0.2) is 42.5 Å². The van der Waals surface area contributed by atoms with Crippen molar-refractivity contribution in [1.29, 1.82) is 0 Å². The first kappa shape index (κ1) is 20.9. The number of rotatable bonds is 5. The predicted molar refractivity (Wildman–Crippen MR) is 120 cm³/mol. The second kappa shape index (κ2) is 9.58. The third kappa shape index (κ3) is 5.82. The molecule has 7 nitrogen and oxygen atoms in total. The van der Waals surface area contributed by atoms with E-state index >= 15 is 0 Å². The van der Waals surface area contributed by atoms with Gasteiger partial charge in [0, 0.05) is 26.2 Å². The molecule has 1 heterocycles. The van der Waals surface area contributed by atoms with Crippen LogP contribution in [0.15, 0.2) is 58.7 Å². The summed E-state index contributed by atoms with van der Waals surface area (Å²) in [6, 6.07) is 14.7. The van der Waals surface area contributed by atoms with Gasteiger partial charge < -0.3 is 15.5 Å². The van der Waals surface area contributed by atoms with E-state index < -0.39 is 5.25 Å². The molecule has 0 spiro atoms. The van der Waals surface area contributed by atoms with Gasteiger partial charge in [-0.25, -0.2) is 0 Å². The third-order valence-corrected chi connectivity index (χ3v) is 5.46. The zero-order valence-electron chi connectivity index (χ0n) is 15.9. The summed E-state index contributed by atoms with van der Waals surface area (Å²) in [6.07, 6.45) is 1.64. The third-order valence-electron chi connectivity index (χ3n) is 4.06. The van der Waals surface area contributed by atoms with Crippen LogP contribution in [0.4, 0.5) is 11.4 Å². The molecule has 29 heavy (non-hydrogen) atoms. The van der Waals surface area contributed by atoms with Gasteiger partial charge in [-0.3, -0.25) is 9.59 Å². The molecule has 2 amide bonds. The molecule has 2 aromatic carbocycles. The summed E-state index contributed by atoms with van der Waals surface area (Å²) in [5.74, 6) is -0.596. The first-order chi connectivity index (χ1) is 13.9. The molecule has 1 atom stereocenters. The van der Waals surface area contributed by atoms with Gasteiger partial charge in [0.2, 0.25) is 11.8 Å². The number of carbonyl (C=O) groups excluding carboxylic acids is 2. The molecule has 0 unspecified atom stereocenters. The van der Waals surface area contributed by atoms with Gasteiger partial charge in [0.05, 0.1) is 16.9 Å². The van der Waals surface area contributed by atoms with E-state index in [0.717, 1.165) is 23.0 Å². The number of thioether (sulfide) groups is 1. The van der Waals surface area contributed by atoms with Crippen molar-refractivity contribution in [3.63, 3.8) is 0 Å². The van der Waals surface area contributed by atoms with Crippen LogP contribution >= 0.6 is 23.4 Å². The fraction of sp³-hybridized carbons (Fsp3) is 0.200. The number of hydrogen-bond donors (Lipinski definition) is 2. The molecule has 0 radical (unpaired) electrons. The largest absolute Gasteiger partial charge is 0.378 e. The average molecular weight is 430 g/mol. The lowest BCUT2D eigenvalue weighted by Crippen LogP contribution is -2.41. The number of para-hydroxylation sites is 1. The van der Waals surface area contributed by atoms with Crippen LogP contribution in [0, 0.1) is 0 Å². The molecule has 2 aromatic rings. The Labute approximate surface area is 178 Å². The number of carbonyl (C=O) groups is 2. The number of amidine groups is 1. The van der Waals surface area contributed by atoms with Crippen LogP contribution in [0.3, 0.4) is 0 Å². The van der Waals surface area contributed by atoms with Crippen LogP contribution in [0.5, 0.6) is 0 Å². The minimum atomic E-state index is -0.617. The summed E-state index contributed by atoms with van der Waals surface area (Å²) in [5.41, 5.74) is 2.46. The highest BCUT2D eigenvalue weighted by Gasteiger charge is 2.30. The smallest absolute Gasteiger partial charge is 0.238 e. The molecule has 0 saturated carbocycles. The molecule has 0 aliphatic carbocycles. The molecule has 150 valence electrons. The van der Waals surface area contributed by atoms with Gasteiger partial charge in [-0.05, 0) is 29.8 Å². The fourth-order valence-corrected chi connectivity index (χ4v) is 3.64. The van der Waals surface area contributed by atoms with Gasteiger partial charge in [-0.15, -0.1) is 5.10 Å². The lowest BCUT2D eigenvalue weighted by molar-refractivity contribution is -0.123. The lowest BCUT2D eigenvalue weighted by atomic mass is 10.2. The van der Waals surface area contributed by atoms with E-state index in [2.05, 4.69) is 20.8 Å². The summed E-state index contributed by atoms with van der Waals surface area (Å²) in [5, 5.41) is 13.6. The normalized spacial score (nSPS) is 18.0. The standard InChI is InChI=1S/C20H20ClN5O2S/c1-26(2)14-9-7-13(8-10-14)12-22-25-20-24-18(27)11-17(29-20)19(28)23-16-6-4-3-5-15(16)21/h3-10,12,17H,11H2,1-2H3,(H,23,28)(H,24,25,27)/b22-12-/t17-/m1/s1. The minimum absolute atomic E-state index is 0.0513. The Morgan fingerprint density at radius 3 is 2.66 bits per heavy atom. The molecule has 0 aromatic heterocycles. The van der Waals surface area contributed by atoms with E-state index in [0.29, 0.717) is 10.7 Å². The van der Waals surface area contributed by atoms with E-state index in [1.807, 2.05) is 43.3 Å². The van der Waals surface area contributed by atoms with E-state index in [-0.39, 0.29) is 23.4 Å². The first-order valence-corrected chi connectivity index (χ1v) is 10.1. The number of nitrogens with zero attached hydrogens (tertiary/aromatic N) is 3. The van der Waals surface area contributed by atoms with Crippen LogP contribution in [0.25, 0.3) is 0 Å². The Morgan fingerprint density at radius 2 is 1.97 bits per heavy atom. The molecule has 9 heteroatoms. The highest BCUT2D eigenvalue weighted by atomic mass is 35.5. The van der Waals surface area contributed by atoms with Crippen LogP contribution in [0.1, 0.15) is 12.0 Å². The highest BCUT2D eigenvalue weighted by Crippen LogP contribution is 2.25. The number of anilines is 2. The summed E-state index contributed by atoms with van der Waals surface area (Å²) in [4.78, 5) is 26.5. The van der Waals surface area contributed by atoms with Crippen LogP contribution in [-0.2, 0) is 9.59 Å². The summed E-state index contributed by atoms with van der Waals surface area (Å²) >= 11 is 7.22. The summed E-state index contributed by atoms with van der Waals surface area (Å²) in [6.45, 7) is 0. The van der Waals surface area contributed by atoms with Crippen LogP contribution in [0.2, 0.25) is 5.02 Å². The summed E-state index contributed by atoms with van der Waals surface area (Å²) < 4.78 is 0. The molecular formula is C20H20ClN5O2S. The van der Waals surface area contributed by atoms with Gasteiger partial charge in [0.25, 0.3) is 0 Å². The molecule has 1 saturated heterocycles. The molecule has 3 rings (SSSR count). The SMILES string of the molecule is CN(C)c1ccc(/C=N\N=C2/NC(=O)C[C@H](C(=O)Nc3ccccc3Cl)S2)cc1. The van der Waals surface area contributed by atoms with Crippen LogP contribution < -0.4 is 15.5 Å². The Hall–Kier alpha value is -2.84.